The molecule has 3 nitrogen and oxygen atoms in total. The minimum absolute atomic E-state index is 0.217. The minimum Gasteiger partial charge on any atom is -0.491 e. The van der Waals surface area contributed by atoms with Gasteiger partial charge in [-0.15, -0.1) is 0 Å². The molecule has 2 unspecified atom stereocenters. The molecule has 1 aromatic carbocycles. The first kappa shape index (κ1) is 14.4. The van der Waals surface area contributed by atoms with Crippen molar-refractivity contribution >= 4 is 0 Å². The van der Waals surface area contributed by atoms with E-state index in [9.17, 15) is 0 Å². The van der Waals surface area contributed by atoms with Gasteiger partial charge in [0, 0.05) is 19.2 Å². The summed E-state index contributed by atoms with van der Waals surface area (Å²) in [4.78, 5) is 0. The molecule has 19 heavy (non-hydrogen) atoms. The molecule has 1 saturated heterocycles. The fraction of sp³-hybridized carbons (Fsp3) is 0.625. The first-order valence-electron chi connectivity index (χ1n) is 7.23. The van der Waals surface area contributed by atoms with Crippen LogP contribution in [0.5, 0.6) is 5.75 Å². The van der Waals surface area contributed by atoms with Crippen LogP contribution in [0, 0.1) is 5.92 Å². The lowest BCUT2D eigenvalue weighted by Crippen LogP contribution is -2.26. The van der Waals surface area contributed by atoms with Gasteiger partial charge in [-0.2, -0.15) is 0 Å². The van der Waals surface area contributed by atoms with E-state index in [0.29, 0.717) is 12.0 Å². The highest BCUT2D eigenvalue weighted by atomic mass is 16.5. The molecule has 106 valence electrons. The SMILES string of the molecule is CC(C)Oc1cccc(C(C)NCC2CCOC2)c1. The number of hydrogen-bond acceptors (Lipinski definition) is 3. The molecular formula is C16H25NO2. The Kier molecular flexibility index (Phi) is 5.23. The van der Waals surface area contributed by atoms with Crippen molar-refractivity contribution < 1.29 is 9.47 Å². The Morgan fingerprint density at radius 3 is 2.89 bits per heavy atom. The van der Waals surface area contributed by atoms with Crippen LogP contribution in [0.3, 0.4) is 0 Å². The van der Waals surface area contributed by atoms with Crippen LogP contribution in [0.2, 0.25) is 0 Å². The van der Waals surface area contributed by atoms with Gasteiger partial charge in [0.1, 0.15) is 5.75 Å². The number of rotatable bonds is 6. The van der Waals surface area contributed by atoms with Crippen LogP contribution in [0.4, 0.5) is 0 Å². The molecule has 1 aliphatic rings. The summed E-state index contributed by atoms with van der Waals surface area (Å²) in [5.74, 6) is 1.61. The van der Waals surface area contributed by atoms with Crippen molar-refractivity contribution in [1.82, 2.24) is 5.32 Å². The molecule has 0 aromatic heterocycles. The van der Waals surface area contributed by atoms with E-state index in [1.54, 1.807) is 0 Å². The van der Waals surface area contributed by atoms with Gasteiger partial charge in [0.25, 0.3) is 0 Å². The van der Waals surface area contributed by atoms with Crippen LogP contribution in [0.25, 0.3) is 0 Å². The molecule has 0 aliphatic carbocycles. The minimum atomic E-state index is 0.217. The molecule has 2 rings (SSSR count). The first-order valence-corrected chi connectivity index (χ1v) is 7.23. The van der Waals surface area contributed by atoms with Crippen molar-refractivity contribution in [3.63, 3.8) is 0 Å². The molecule has 0 bridgehead atoms. The van der Waals surface area contributed by atoms with E-state index in [2.05, 4.69) is 44.3 Å². The molecule has 1 N–H and O–H groups in total. The van der Waals surface area contributed by atoms with E-state index in [1.165, 1.54) is 12.0 Å². The summed E-state index contributed by atoms with van der Waals surface area (Å²) >= 11 is 0. The third-order valence-corrected chi connectivity index (χ3v) is 3.47. The first-order chi connectivity index (χ1) is 9.15. The maximum Gasteiger partial charge on any atom is 0.120 e. The van der Waals surface area contributed by atoms with Crippen LogP contribution in [-0.4, -0.2) is 25.9 Å². The average Bonchev–Trinajstić information content (AvgIpc) is 2.88. The molecular weight excluding hydrogens is 238 g/mol. The Balaban J connectivity index is 1.88. The molecule has 0 saturated carbocycles. The van der Waals surface area contributed by atoms with E-state index in [-0.39, 0.29) is 6.10 Å². The zero-order chi connectivity index (χ0) is 13.7. The third kappa shape index (κ3) is 4.51. The van der Waals surface area contributed by atoms with Crippen LogP contribution >= 0.6 is 0 Å². The quantitative estimate of drug-likeness (QED) is 0.855. The summed E-state index contributed by atoms with van der Waals surface area (Å²) in [6.45, 7) is 9.14. The van der Waals surface area contributed by atoms with Gasteiger partial charge in [-0.25, -0.2) is 0 Å². The van der Waals surface area contributed by atoms with E-state index in [4.69, 9.17) is 9.47 Å². The standard InChI is InChI=1S/C16H25NO2/c1-12(2)19-16-6-4-5-15(9-16)13(3)17-10-14-7-8-18-11-14/h4-6,9,12-14,17H,7-8,10-11H2,1-3H3. The Morgan fingerprint density at radius 2 is 2.21 bits per heavy atom. The molecule has 2 atom stereocenters. The Morgan fingerprint density at radius 1 is 1.37 bits per heavy atom. The van der Waals surface area contributed by atoms with Gasteiger partial charge in [0.05, 0.1) is 12.7 Å². The van der Waals surface area contributed by atoms with Crippen molar-refractivity contribution in [3.8, 4) is 5.75 Å². The second-order valence-corrected chi connectivity index (χ2v) is 5.60. The van der Waals surface area contributed by atoms with Gasteiger partial charge in [0.15, 0.2) is 0 Å². The van der Waals surface area contributed by atoms with Gasteiger partial charge in [-0.1, -0.05) is 12.1 Å². The largest absolute Gasteiger partial charge is 0.491 e. The van der Waals surface area contributed by atoms with Crippen molar-refractivity contribution in [2.24, 2.45) is 5.92 Å². The molecule has 0 spiro atoms. The zero-order valence-corrected chi connectivity index (χ0v) is 12.2. The highest BCUT2D eigenvalue weighted by molar-refractivity contribution is 5.30. The highest BCUT2D eigenvalue weighted by Gasteiger charge is 2.16. The summed E-state index contributed by atoms with van der Waals surface area (Å²) in [6, 6.07) is 8.69. The Hall–Kier alpha value is -1.06. The summed E-state index contributed by atoms with van der Waals surface area (Å²) < 4.78 is 11.1. The fourth-order valence-electron chi connectivity index (χ4n) is 2.33. The lowest BCUT2D eigenvalue weighted by atomic mass is 10.1. The van der Waals surface area contributed by atoms with Crippen LogP contribution in [-0.2, 0) is 4.74 Å². The van der Waals surface area contributed by atoms with Crippen molar-refractivity contribution in [3.05, 3.63) is 29.8 Å². The summed E-state index contributed by atoms with van der Waals surface area (Å²) in [5.41, 5.74) is 1.28. The van der Waals surface area contributed by atoms with Gasteiger partial charge in [-0.05, 0) is 50.8 Å². The normalized spacial score (nSPS) is 20.7. The van der Waals surface area contributed by atoms with Gasteiger partial charge in [-0.3, -0.25) is 0 Å². The van der Waals surface area contributed by atoms with Crippen LogP contribution in [0.15, 0.2) is 24.3 Å². The number of hydrogen-bond donors (Lipinski definition) is 1. The molecule has 1 fully saturated rings. The molecule has 0 radical (unpaired) electrons. The van der Waals surface area contributed by atoms with Crippen molar-refractivity contribution in [2.45, 2.75) is 39.3 Å². The molecule has 0 amide bonds. The maximum atomic E-state index is 5.74. The molecule has 1 aliphatic heterocycles. The second kappa shape index (κ2) is 6.92. The Labute approximate surface area is 116 Å². The van der Waals surface area contributed by atoms with Crippen molar-refractivity contribution in [1.29, 1.82) is 0 Å². The van der Waals surface area contributed by atoms with Crippen LogP contribution in [0.1, 0.15) is 38.8 Å². The van der Waals surface area contributed by atoms with Gasteiger partial charge < -0.3 is 14.8 Å². The highest BCUT2D eigenvalue weighted by Crippen LogP contribution is 2.21. The summed E-state index contributed by atoms with van der Waals surface area (Å²) in [7, 11) is 0. The van der Waals surface area contributed by atoms with Gasteiger partial charge >= 0.3 is 0 Å². The fourth-order valence-corrected chi connectivity index (χ4v) is 2.33. The number of ether oxygens (including phenoxy) is 2. The lowest BCUT2D eigenvalue weighted by Gasteiger charge is -2.18. The van der Waals surface area contributed by atoms with Crippen LogP contribution < -0.4 is 10.1 Å². The van der Waals surface area contributed by atoms with E-state index in [1.807, 2.05) is 6.07 Å². The smallest absolute Gasteiger partial charge is 0.120 e. The summed E-state index contributed by atoms with van der Waals surface area (Å²) in [5, 5.41) is 3.59. The average molecular weight is 263 g/mol. The third-order valence-electron chi connectivity index (χ3n) is 3.47. The maximum absolute atomic E-state index is 5.74. The topological polar surface area (TPSA) is 30.5 Å². The number of nitrogens with one attached hydrogen (secondary N) is 1. The van der Waals surface area contributed by atoms with E-state index in [0.717, 1.165) is 25.5 Å². The predicted octanol–water partition coefficient (Wildman–Crippen LogP) is 3.16. The second-order valence-electron chi connectivity index (χ2n) is 5.60. The van der Waals surface area contributed by atoms with Gasteiger partial charge in [0.2, 0.25) is 0 Å². The monoisotopic (exact) mass is 263 g/mol. The zero-order valence-electron chi connectivity index (χ0n) is 12.2. The molecule has 1 aromatic rings. The van der Waals surface area contributed by atoms with E-state index < -0.39 is 0 Å². The van der Waals surface area contributed by atoms with Crippen molar-refractivity contribution in [2.75, 3.05) is 19.8 Å². The summed E-state index contributed by atoms with van der Waals surface area (Å²) in [6.07, 6.45) is 1.39. The Bertz CT molecular complexity index is 386. The predicted molar refractivity (Wildman–Crippen MR) is 77.5 cm³/mol. The molecule has 1 heterocycles. The lowest BCUT2D eigenvalue weighted by molar-refractivity contribution is 0.184. The van der Waals surface area contributed by atoms with E-state index >= 15 is 0 Å². The number of benzene rings is 1. The molecule has 3 heteroatoms.